The van der Waals surface area contributed by atoms with Crippen molar-refractivity contribution in [2.45, 2.75) is 32.6 Å². The maximum atomic E-state index is 14.5. The molecular formula is C24H21ClF2O2. The normalized spacial score (nSPS) is 27.8. The predicted molar refractivity (Wildman–Crippen MR) is 109 cm³/mol. The largest absolute Gasteiger partial charge is 0.511 e. The average Bonchev–Trinajstić information content (AvgIpc) is 3.40. The average molecular weight is 415 g/mol. The van der Waals surface area contributed by atoms with Crippen LogP contribution < -0.4 is 0 Å². The molecule has 150 valence electrons. The Kier molecular flexibility index (Phi) is 4.32. The van der Waals surface area contributed by atoms with Crippen LogP contribution in [-0.2, 0) is 11.2 Å². The van der Waals surface area contributed by atoms with E-state index >= 15 is 0 Å². The van der Waals surface area contributed by atoms with Crippen LogP contribution in [0.3, 0.4) is 0 Å². The molecule has 0 radical (unpaired) electrons. The summed E-state index contributed by atoms with van der Waals surface area (Å²) >= 11 is 5.68. The van der Waals surface area contributed by atoms with Gasteiger partial charge in [0.25, 0.3) is 0 Å². The van der Waals surface area contributed by atoms with Crippen molar-refractivity contribution < 1.29 is 18.7 Å². The Morgan fingerprint density at radius 3 is 2.45 bits per heavy atom. The topological polar surface area (TPSA) is 37.3 Å². The van der Waals surface area contributed by atoms with Crippen molar-refractivity contribution in [2.24, 2.45) is 23.7 Å². The van der Waals surface area contributed by atoms with Crippen LogP contribution in [0.4, 0.5) is 8.78 Å². The van der Waals surface area contributed by atoms with Crippen LogP contribution in [-0.4, -0.2) is 10.9 Å². The molecule has 5 heteroatoms. The molecule has 2 aromatic carbocycles. The fraction of sp³-hybridized carbons (Fsp3) is 0.375. The standard InChI is InChI=1S/C24H21ClF2O2/c1-2-11-3-4-12(15-7-8-17(25)22(27)21(15)26)10-16(11)20-23(28)18-13-5-6-14(9-13)19(18)24(20)29/h3-4,7-8,10,13-14,18-19,28H,2,5-6,9H2,1H3/t13-,14+,18-,19+/m0/s1. The van der Waals surface area contributed by atoms with Gasteiger partial charge in [0.05, 0.1) is 10.6 Å². The van der Waals surface area contributed by atoms with Gasteiger partial charge in [-0.2, -0.15) is 0 Å². The molecule has 1 N–H and O–H groups in total. The van der Waals surface area contributed by atoms with Gasteiger partial charge in [0.1, 0.15) is 5.76 Å². The second kappa shape index (κ2) is 6.66. The lowest BCUT2D eigenvalue weighted by atomic mass is 9.80. The molecule has 0 aliphatic heterocycles. The lowest BCUT2D eigenvalue weighted by Gasteiger charge is -2.23. The van der Waals surface area contributed by atoms with E-state index < -0.39 is 11.6 Å². The van der Waals surface area contributed by atoms with Crippen LogP contribution in [0.15, 0.2) is 36.1 Å². The van der Waals surface area contributed by atoms with Crippen molar-refractivity contribution in [1.82, 2.24) is 0 Å². The predicted octanol–water partition coefficient (Wildman–Crippen LogP) is 6.36. The smallest absolute Gasteiger partial charge is 0.178 e. The van der Waals surface area contributed by atoms with Gasteiger partial charge < -0.3 is 5.11 Å². The quantitative estimate of drug-likeness (QED) is 0.593. The minimum absolute atomic E-state index is 0.00862. The van der Waals surface area contributed by atoms with Crippen LogP contribution >= 0.6 is 11.6 Å². The van der Waals surface area contributed by atoms with E-state index in [2.05, 4.69) is 0 Å². The number of carbonyl (C=O) groups excluding carboxylic acids is 1. The molecule has 5 rings (SSSR count). The Hall–Kier alpha value is -2.20. The molecule has 2 saturated carbocycles. The van der Waals surface area contributed by atoms with Gasteiger partial charge in [0, 0.05) is 17.4 Å². The van der Waals surface area contributed by atoms with Crippen molar-refractivity contribution >= 4 is 23.0 Å². The number of aryl methyl sites for hydroxylation is 1. The zero-order valence-corrected chi connectivity index (χ0v) is 16.8. The number of carbonyl (C=O) groups is 1. The van der Waals surface area contributed by atoms with Crippen molar-refractivity contribution in [3.05, 3.63) is 63.9 Å². The summed E-state index contributed by atoms with van der Waals surface area (Å²) in [5, 5.41) is 10.8. The van der Waals surface area contributed by atoms with Crippen LogP contribution in [0.25, 0.3) is 16.7 Å². The minimum Gasteiger partial charge on any atom is -0.511 e. The van der Waals surface area contributed by atoms with Crippen molar-refractivity contribution in [3.8, 4) is 11.1 Å². The zero-order chi connectivity index (χ0) is 20.4. The Bertz CT molecular complexity index is 1070. The van der Waals surface area contributed by atoms with E-state index in [1.165, 1.54) is 12.1 Å². The number of benzene rings is 2. The summed E-state index contributed by atoms with van der Waals surface area (Å²) in [7, 11) is 0. The lowest BCUT2D eigenvalue weighted by molar-refractivity contribution is -0.118. The number of hydrogen-bond donors (Lipinski definition) is 1. The Balaban J connectivity index is 1.65. The van der Waals surface area contributed by atoms with Gasteiger partial charge in [0.15, 0.2) is 17.4 Å². The van der Waals surface area contributed by atoms with E-state index in [0.717, 1.165) is 24.8 Å². The van der Waals surface area contributed by atoms with Gasteiger partial charge in [0.2, 0.25) is 0 Å². The molecule has 0 spiro atoms. The summed E-state index contributed by atoms with van der Waals surface area (Å²) in [6.45, 7) is 1.97. The molecule has 2 nitrogen and oxygen atoms in total. The Morgan fingerprint density at radius 2 is 1.76 bits per heavy atom. The van der Waals surface area contributed by atoms with Gasteiger partial charge in [-0.15, -0.1) is 0 Å². The van der Waals surface area contributed by atoms with Gasteiger partial charge in [-0.1, -0.05) is 30.7 Å². The molecule has 4 atom stereocenters. The maximum Gasteiger partial charge on any atom is 0.178 e. The molecule has 2 fully saturated rings. The summed E-state index contributed by atoms with van der Waals surface area (Å²) in [4.78, 5) is 13.3. The van der Waals surface area contributed by atoms with Crippen molar-refractivity contribution in [1.29, 1.82) is 0 Å². The fourth-order valence-corrected chi connectivity index (χ4v) is 5.97. The number of rotatable bonds is 3. The SMILES string of the molecule is CCc1ccc(-c2ccc(Cl)c(F)c2F)cc1C1=C(O)[C@H]2[C@H]3CC[C@H](C3)[C@H]2C1=O. The molecule has 3 aliphatic carbocycles. The van der Waals surface area contributed by atoms with E-state index in [0.29, 0.717) is 35.0 Å². The molecule has 2 bridgehead atoms. The van der Waals surface area contributed by atoms with Gasteiger partial charge in [-0.25, -0.2) is 8.78 Å². The number of hydrogen-bond acceptors (Lipinski definition) is 2. The highest BCUT2D eigenvalue weighted by Gasteiger charge is 2.57. The number of Topliss-reactive ketones (excluding diaryl/α,β-unsaturated/α-hetero) is 1. The number of allylic oxidation sites excluding steroid dienone is 2. The number of halogens is 3. The van der Waals surface area contributed by atoms with Gasteiger partial charge in [-0.3, -0.25) is 4.79 Å². The molecule has 2 aromatic rings. The third-order valence-electron chi connectivity index (χ3n) is 7.14. The second-order valence-corrected chi connectivity index (χ2v) is 8.86. The summed E-state index contributed by atoms with van der Waals surface area (Å²) in [5.74, 6) is -1.36. The number of ketones is 1. The summed E-state index contributed by atoms with van der Waals surface area (Å²) in [5.41, 5.74) is 2.46. The first-order chi connectivity index (χ1) is 13.9. The van der Waals surface area contributed by atoms with E-state index in [4.69, 9.17) is 11.6 Å². The maximum absolute atomic E-state index is 14.5. The van der Waals surface area contributed by atoms with Crippen LogP contribution in [0.1, 0.15) is 37.3 Å². The molecule has 29 heavy (non-hydrogen) atoms. The third-order valence-corrected chi connectivity index (χ3v) is 7.44. The van der Waals surface area contributed by atoms with Crippen LogP contribution in [0.5, 0.6) is 0 Å². The number of aliphatic hydroxyl groups is 1. The van der Waals surface area contributed by atoms with Gasteiger partial charge >= 0.3 is 0 Å². The number of aliphatic hydroxyl groups excluding tert-OH is 1. The molecule has 3 aliphatic rings. The first-order valence-corrected chi connectivity index (χ1v) is 10.5. The lowest BCUT2D eigenvalue weighted by Crippen LogP contribution is -2.24. The van der Waals surface area contributed by atoms with Gasteiger partial charge in [-0.05, 0) is 72.4 Å². The molecule has 0 amide bonds. The Labute approximate surface area is 173 Å². The molecule has 0 aromatic heterocycles. The van der Waals surface area contributed by atoms with E-state index in [9.17, 15) is 18.7 Å². The van der Waals surface area contributed by atoms with E-state index in [1.54, 1.807) is 12.1 Å². The monoisotopic (exact) mass is 414 g/mol. The summed E-state index contributed by atoms with van der Waals surface area (Å²) < 4.78 is 28.5. The molecule has 0 saturated heterocycles. The Morgan fingerprint density at radius 1 is 1.03 bits per heavy atom. The zero-order valence-electron chi connectivity index (χ0n) is 16.0. The fourth-order valence-electron chi connectivity index (χ4n) is 5.83. The summed E-state index contributed by atoms with van der Waals surface area (Å²) in [6.07, 6.45) is 3.80. The highest BCUT2D eigenvalue weighted by Crippen LogP contribution is 2.60. The number of fused-ring (bicyclic) bond motifs is 5. The molecule has 0 unspecified atom stereocenters. The first-order valence-electron chi connectivity index (χ1n) is 10.2. The second-order valence-electron chi connectivity index (χ2n) is 8.46. The highest BCUT2D eigenvalue weighted by molar-refractivity contribution is 6.30. The first kappa shape index (κ1) is 18.8. The van der Waals surface area contributed by atoms with E-state index in [-0.39, 0.29) is 34.0 Å². The van der Waals surface area contributed by atoms with Crippen LogP contribution in [0, 0.1) is 35.3 Å². The minimum atomic E-state index is -1.09. The molecular weight excluding hydrogens is 394 g/mol. The third kappa shape index (κ3) is 2.61. The van der Waals surface area contributed by atoms with Crippen molar-refractivity contribution in [3.63, 3.8) is 0 Å². The van der Waals surface area contributed by atoms with Crippen LogP contribution in [0.2, 0.25) is 5.02 Å². The molecule has 0 heterocycles. The highest BCUT2D eigenvalue weighted by atomic mass is 35.5. The summed E-state index contributed by atoms with van der Waals surface area (Å²) in [6, 6.07) is 8.01. The van der Waals surface area contributed by atoms with Crippen molar-refractivity contribution in [2.75, 3.05) is 0 Å². The van der Waals surface area contributed by atoms with E-state index in [1.807, 2.05) is 13.0 Å².